The highest BCUT2D eigenvalue weighted by Gasteiger charge is 2.26. The van der Waals surface area contributed by atoms with Crippen molar-refractivity contribution in [3.8, 4) is 0 Å². The molecule has 9 aromatic rings. The van der Waals surface area contributed by atoms with E-state index in [9.17, 15) is 0 Å². The molecule has 0 saturated heterocycles. The van der Waals surface area contributed by atoms with Crippen molar-refractivity contribution in [3.63, 3.8) is 0 Å². The van der Waals surface area contributed by atoms with Gasteiger partial charge >= 0.3 is 0 Å². The van der Waals surface area contributed by atoms with Crippen molar-refractivity contribution in [3.05, 3.63) is 151 Å². The predicted molar refractivity (Wildman–Crippen MR) is 252 cm³/mol. The summed E-state index contributed by atoms with van der Waals surface area (Å²) in [5, 5.41) is 20.7. The number of rotatable bonds is 0. The Labute approximate surface area is 350 Å². The lowest BCUT2D eigenvalue weighted by atomic mass is 9.81. The summed E-state index contributed by atoms with van der Waals surface area (Å²) in [5.41, 5.74) is 5.16. The van der Waals surface area contributed by atoms with Crippen molar-refractivity contribution in [2.45, 2.75) is 105 Å². The molecule has 0 bridgehead atoms. The smallest absolute Gasteiger partial charge is 0.160 e. The van der Waals surface area contributed by atoms with Crippen LogP contribution < -0.4 is 31.9 Å². The van der Waals surface area contributed by atoms with E-state index >= 15 is 0 Å². The highest BCUT2D eigenvalue weighted by Crippen LogP contribution is 2.40. The van der Waals surface area contributed by atoms with E-state index in [-0.39, 0.29) is 21.7 Å². The van der Waals surface area contributed by atoms with Gasteiger partial charge in [0.05, 0.1) is 21.4 Å². The number of fused-ring (bicyclic) bond motifs is 6. The largest absolute Gasteiger partial charge is 0.226 e. The van der Waals surface area contributed by atoms with Crippen molar-refractivity contribution in [2.24, 2.45) is 20.0 Å². The average molecular weight is 781 g/mol. The zero-order valence-corrected chi connectivity index (χ0v) is 37.0. The highest BCUT2D eigenvalue weighted by molar-refractivity contribution is 6.24. The van der Waals surface area contributed by atoms with Crippen molar-refractivity contribution in [1.29, 1.82) is 0 Å². The Hall–Kier alpha value is -6.00. The van der Waals surface area contributed by atoms with Gasteiger partial charge in [-0.1, -0.05) is 156 Å². The molecule has 0 unspecified atom stereocenters. The fourth-order valence-electron chi connectivity index (χ4n) is 9.60. The summed E-state index contributed by atoms with van der Waals surface area (Å²) in [6, 6.07) is 36.7. The summed E-state index contributed by atoms with van der Waals surface area (Å²) in [4.78, 5) is 21.5. The predicted octanol–water partition coefficient (Wildman–Crippen LogP) is 10.7. The van der Waals surface area contributed by atoms with Crippen LogP contribution in [0.15, 0.2) is 117 Å². The molecular formula is C56H52N4. The summed E-state index contributed by atoms with van der Waals surface area (Å²) in [5.74, 6) is 1.48. The van der Waals surface area contributed by atoms with Crippen LogP contribution in [0.5, 0.6) is 0 Å². The average Bonchev–Trinajstić information content (AvgIpc) is 3.84. The molecule has 0 spiro atoms. The molecule has 4 heteroatoms. The summed E-state index contributed by atoms with van der Waals surface area (Å²) in [6.07, 6.45) is 0. The van der Waals surface area contributed by atoms with Crippen LogP contribution in [-0.2, 0) is 21.7 Å². The third-order valence-corrected chi connectivity index (χ3v) is 13.3. The van der Waals surface area contributed by atoms with Crippen molar-refractivity contribution < 1.29 is 0 Å². The second-order valence-corrected chi connectivity index (χ2v) is 21.7. The topological polar surface area (TPSA) is 49.4 Å². The van der Waals surface area contributed by atoms with Crippen LogP contribution in [0.1, 0.15) is 105 Å². The van der Waals surface area contributed by atoms with Gasteiger partial charge in [-0.15, -0.1) is 0 Å². The third-order valence-electron chi connectivity index (χ3n) is 13.3. The second kappa shape index (κ2) is 11.8. The third kappa shape index (κ3) is 5.42. The van der Waals surface area contributed by atoms with E-state index in [1.165, 1.54) is 86.9 Å². The van der Waals surface area contributed by atoms with E-state index in [2.05, 4.69) is 180 Å². The van der Waals surface area contributed by atoms with Gasteiger partial charge in [0.15, 0.2) is 11.6 Å². The number of hydrogen-bond donors (Lipinski definition) is 0. The maximum absolute atomic E-state index is 5.38. The first-order chi connectivity index (χ1) is 28.2. The minimum Gasteiger partial charge on any atom is -0.226 e. The Bertz CT molecular complexity index is 3290. The molecule has 296 valence electrons. The maximum Gasteiger partial charge on any atom is 0.160 e. The van der Waals surface area contributed by atoms with E-state index < -0.39 is 0 Å². The SMILES string of the molecule is CC(C)(C)c1cc2ccc3cc(C(C)(C)C)cc4c5c(c(c1)c2c34)=NC(=c1ccc(=C2N=c3c(c4cc(C(C)(C)C)cc6ccc7cc(C(C)(C)C)cc3c7c64)=N2)cc1)N=5. The molecule has 2 aliphatic rings. The summed E-state index contributed by atoms with van der Waals surface area (Å²) >= 11 is 0. The molecule has 60 heavy (non-hydrogen) atoms. The van der Waals surface area contributed by atoms with Gasteiger partial charge < -0.3 is 0 Å². The van der Waals surface area contributed by atoms with Crippen LogP contribution in [0, 0.1) is 0 Å². The molecule has 0 radical (unpaired) electrons. The maximum atomic E-state index is 5.38. The molecule has 0 atom stereocenters. The van der Waals surface area contributed by atoms with Crippen molar-refractivity contribution in [1.82, 2.24) is 0 Å². The molecule has 4 nitrogen and oxygen atoms in total. The van der Waals surface area contributed by atoms with Crippen LogP contribution in [0.2, 0.25) is 0 Å². The minimum absolute atomic E-state index is 0.0114. The van der Waals surface area contributed by atoms with E-state index in [1.807, 2.05) is 0 Å². The van der Waals surface area contributed by atoms with E-state index in [1.54, 1.807) is 0 Å². The molecule has 9 aromatic carbocycles. The quantitative estimate of drug-likeness (QED) is 0.138. The number of nitrogens with zero attached hydrogens (tertiary/aromatic N) is 4. The van der Waals surface area contributed by atoms with Crippen LogP contribution in [0.4, 0.5) is 0 Å². The second-order valence-electron chi connectivity index (χ2n) is 21.7. The Kier molecular flexibility index (Phi) is 7.31. The zero-order chi connectivity index (χ0) is 42.0. The van der Waals surface area contributed by atoms with Gasteiger partial charge in [0.25, 0.3) is 0 Å². The Balaban J connectivity index is 1.17. The zero-order valence-electron chi connectivity index (χ0n) is 37.0. The van der Waals surface area contributed by atoms with Gasteiger partial charge in [-0.05, 0) is 111 Å². The van der Waals surface area contributed by atoms with E-state index in [4.69, 9.17) is 20.0 Å². The first-order valence-electron chi connectivity index (χ1n) is 21.6. The molecule has 0 N–H and O–H groups in total. The Morgan fingerprint density at radius 3 is 0.700 bits per heavy atom. The lowest BCUT2D eigenvalue weighted by molar-refractivity contribution is 0.591. The van der Waals surface area contributed by atoms with Gasteiger partial charge in [0.1, 0.15) is 0 Å². The molecule has 0 aromatic heterocycles. The van der Waals surface area contributed by atoms with Gasteiger partial charge in [-0.25, -0.2) is 20.0 Å². The van der Waals surface area contributed by atoms with Crippen LogP contribution >= 0.6 is 0 Å². The van der Waals surface area contributed by atoms with Crippen LogP contribution in [-0.4, -0.2) is 0 Å². The molecule has 0 aliphatic carbocycles. The molecule has 11 rings (SSSR count). The first-order valence-corrected chi connectivity index (χ1v) is 21.6. The first kappa shape index (κ1) is 37.0. The van der Waals surface area contributed by atoms with Gasteiger partial charge in [-0.3, -0.25) is 0 Å². The van der Waals surface area contributed by atoms with Gasteiger partial charge in [0.2, 0.25) is 0 Å². The fourth-order valence-corrected chi connectivity index (χ4v) is 9.60. The molecule has 0 amide bonds. The monoisotopic (exact) mass is 780 g/mol. The number of hydrogen-bond acceptors (Lipinski definition) is 4. The summed E-state index contributed by atoms with van der Waals surface area (Å²) in [6.45, 7) is 27.4. The summed E-state index contributed by atoms with van der Waals surface area (Å²) < 4.78 is 0. The number of benzene rings is 9. The van der Waals surface area contributed by atoms with E-state index in [0.29, 0.717) is 0 Å². The molecule has 0 fully saturated rings. The Morgan fingerprint density at radius 2 is 0.500 bits per heavy atom. The van der Waals surface area contributed by atoms with Crippen molar-refractivity contribution >= 4 is 76.3 Å². The van der Waals surface area contributed by atoms with Gasteiger partial charge in [0, 0.05) is 32.0 Å². The summed E-state index contributed by atoms with van der Waals surface area (Å²) in [7, 11) is 0. The van der Waals surface area contributed by atoms with Crippen molar-refractivity contribution in [2.75, 3.05) is 0 Å². The Morgan fingerprint density at radius 1 is 0.283 bits per heavy atom. The lowest BCUT2D eigenvalue weighted by Crippen LogP contribution is -2.25. The highest BCUT2D eigenvalue weighted by atomic mass is 15.0. The fraction of sp³-hybridized carbons (Fsp3) is 0.286. The molecule has 2 heterocycles. The van der Waals surface area contributed by atoms with Crippen LogP contribution in [0.3, 0.4) is 0 Å². The molecule has 0 saturated carbocycles. The molecule has 2 aliphatic heterocycles. The van der Waals surface area contributed by atoms with E-state index in [0.717, 1.165) is 43.5 Å². The van der Waals surface area contributed by atoms with Gasteiger partial charge in [-0.2, -0.15) is 0 Å². The molecular weight excluding hydrogens is 729 g/mol. The minimum atomic E-state index is -0.0114. The van der Waals surface area contributed by atoms with Crippen LogP contribution in [0.25, 0.3) is 76.3 Å². The lowest BCUT2D eigenvalue weighted by Gasteiger charge is -2.23. The normalized spacial score (nSPS) is 14.8. The standard InChI is InChI=1S/C56H52N4/c1-53(2,3)35-21-31-17-18-32-22-36(54(4,5)6)26-40-44(32)43(31)39(25-35)47-48(40)58-51(57-47)29-13-15-30(16-14-29)52-59-49-41-27-37(55(7,8)9)23-33-19-20-34-24-38(56(10,11)12)28-42(50(49)60-52)46(34)45(33)41/h13-28H,1-12H3.